The van der Waals surface area contributed by atoms with E-state index in [9.17, 15) is 14.4 Å². The molecule has 0 aromatic heterocycles. The first-order chi connectivity index (χ1) is 16.5. The van der Waals surface area contributed by atoms with Crippen molar-refractivity contribution < 1.29 is 28.6 Å². The number of unbranched alkanes of at least 4 members (excludes halogenated alkanes) is 3. The van der Waals surface area contributed by atoms with E-state index in [0.29, 0.717) is 24.3 Å². The van der Waals surface area contributed by atoms with Crippen molar-refractivity contribution in [3.05, 3.63) is 59.7 Å². The number of ether oxygens (including phenoxy) is 3. The number of ketones is 1. The van der Waals surface area contributed by atoms with Gasteiger partial charge in [-0.05, 0) is 48.2 Å². The Bertz CT molecular complexity index is 972. The van der Waals surface area contributed by atoms with Crippen molar-refractivity contribution in [1.82, 2.24) is 0 Å². The number of carbonyl (C=O) groups is 3. The molecule has 0 bridgehead atoms. The summed E-state index contributed by atoms with van der Waals surface area (Å²) in [5.74, 6) is 1.07. The van der Waals surface area contributed by atoms with E-state index in [1.165, 1.54) is 0 Å². The zero-order valence-electron chi connectivity index (χ0n) is 19.8. The SMILES string of the molecule is C.CCCCCCC(=O)O[C@H](COc1ccc(CC2SC(=O)CC2=O)cc1)c1cccc(OC)c1. The van der Waals surface area contributed by atoms with Gasteiger partial charge in [-0.25, -0.2) is 0 Å². The van der Waals surface area contributed by atoms with Crippen LogP contribution in [0.1, 0.15) is 70.1 Å². The van der Waals surface area contributed by atoms with Crippen LogP contribution in [0.25, 0.3) is 0 Å². The summed E-state index contributed by atoms with van der Waals surface area (Å²) in [7, 11) is 1.60. The van der Waals surface area contributed by atoms with Crippen molar-refractivity contribution in [2.24, 2.45) is 0 Å². The summed E-state index contributed by atoms with van der Waals surface area (Å²) in [6.07, 6.45) is 4.42. The maximum Gasteiger partial charge on any atom is 0.306 e. The van der Waals surface area contributed by atoms with Gasteiger partial charge in [0.25, 0.3) is 0 Å². The van der Waals surface area contributed by atoms with Crippen LogP contribution in [0.5, 0.6) is 11.5 Å². The zero-order valence-corrected chi connectivity index (χ0v) is 20.6. The smallest absolute Gasteiger partial charge is 0.306 e. The molecule has 6 nitrogen and oxygen atoms in total. The van der Waals surface area contributed by atoms with Gasteiger partial charge in [0.15, 0.2) is 17.0 Å². The molecule has 0 amide bonds. The maximum absolute atomic E-state index is 12.5. The second-order valence-electron chi connectivity index (χ2n) is 8.35. The third-order valence-corrected chi connectivity index (χ3v) is 6.79. The van der Waals surface area contributed by atoms with E-state index in [4.69, 9.17) is 14.2 Å². The summed E-state index contributed by atoms with van der Waals surface area (Å²) in [6.45, 7) is 2.30. The topological polar surface area (TPSA) is 78.9 Å². The van der Waals surface area contributed by atoms with Gasteiger partial charge < -0.3 is 14.2 Å². The number of esters is 1. The monoisotopic (exact) mass is 500 g/mol. The molecule has 2 aromatic carbocycles. The minimum atomic E-state index is -0.563. The van der Waals surface area contributed by atoms with Crippen molar-refractivity contribution in [3.8, 4) is 11.5 Å². The van der Waals surface area contributed by atoms with E-state index in [0.717, 1.165) is 48.6 Å². The summed E-state index contributed by atoms with van der Waals surface area (Å²) in [4.78, 5) is 35.8. The average molecular weight is 501 g/mol. The summed E-state index contributed by atoms with van der Waals surface area (Å²) >= 11 is 1.12. The van der Waals surface area contributed by atoms with E-state index in [-0.39, 0.29) is 42.6 Å². The van der Waals surface area contributed by atoms with Crippen molar-refractivity contribution in [3.63, 3.8) is 0 Å². The Morgan fingerprint density at radius 1 is 1.06 bits per heavy atom. The van der Waals surface area contributed by atoms with Crippen molar-refractivity contribution in [2.75, 3.05) is 13.7 Å². The number of hydrogen-bond donors (Lipinski definition) is 0. The van der Waals surface area contributed by atoms with Crippen LogP contribution >= 0.6 is 11.8 Å². The molecule has 0 saturated carbocycles. The highest BCUT2D eigenvalue weighted by molar-refractivity contribution is 8.15. The Kier molecular flexibility index (Phi) is 11.8. The highest BCUT2D eigenvalue weighted by atomic mass is 32.2. The van der Waals surface area contributed by atoms with Crippen LogP contribution in [-0.2, 0) is 25.5 Å². The molecule has 2 aromatic rings. The van der Waals surface area contributed by atoms with Crippen molar-refractivity contribution in [1.29, 1.82) is 0 Å². The fourth-order valence-corrected chi connectivity index (χ4v) is 4.77. The van der Waals surface area contributed by atoms with Gasteiger partial charge in [-0.15, -0.1) is 0 Å². The molecular weight excluding hydrogens is 464 g/mol. The molecule has 2 atom stereocenters. The van der Waals surface area contributed by atoms with Crippen LogP contribution in [0.15, 0.2) is 48.5 Å². The number of thioether (sulfide) groups is 1. The fraction of sp³-hybridized carbons (Fsp3) is 0.464. The third kappa shape index (κ3) is 9.06. The number of hydrogen-bond acceptors (Lipinski definition) is 7. The summed E-state index contributed by atoms with van der Waals surface area (Å²) < 4.78 is 17.1. The summed E-state index contributed by atoms with van der Waals surface area (Å²) in [5, 5.41) is -0.355. The molecular formula is C28H36O6S. The molecule has 190 valence electrons. The first-order valence-electron chi connectivity index (χ1n) is 11.8. The quantitative estimate of drug-likeness (QED) is 0.186. The number of benzene rings is 2. The standard InChI is InChI=1S/C27H32O6S.CH4/c1-3-4-5-6-10-26(29)33-24(20-8-7-9-22(16-20)31-2)18-32-21-13-11-19(12-14-21)15-25-23(28)17-27(30)34-25;/h7-9,11-14,16,24-25H,3-6,10,15,17-18H2,1-2H3;1H4/t24-,25?;/m1./s1. The van der Waals surface area contributed by atoms with Crippen LogP contribution in [0.3, 0.4) is 0 Å². The molecule has 1 unspecified atom stereocenters. The van der Waals surface area contributed by atoms with Gasteiger partial charge in [-0.3, -0.25) is 14.4 Å². The lowest BCUT2D eigenvalue weighted by Crippen LogP contribution is -2.18. The molecule has 0 spiro atoms. The summed E-state index contributed by atoms with van der Waals surface area (Å²) in [5.41, 5.74) is 1.77. The van der Waals surface area contributed by atoms with E-state index >= 15 is 0 Å². The average Bonchev–Trinajstić information content (AvgIpc) is 3.16. The second-order valence-corrected chi connectivity index (χ2v) is 9.61. The van der Waals surface area contributed by atoms with E-state index in [1.807, 2.05) is 48.5 Å². The van der Waals surface area contributed by atoms with Crippen molar-refractivity contribution >= 4 is 28.6 Å². The van der Waals surface area contributed by atoms with E-state index in [1.54, 1.807) is 7.11 Å². The lowest BCUT2D eigenvalue weighted by molar-refractivity contribution is -0.151. The molecule has 1 heterocycles. The summed E-state index contributed by atoms with van der Waals surface area (Å²) in [6, 6.07) is 14.9. The highest BCUT2D eigenvalue weighted by Crippen LogP contribution is 2.29. The number of Topliss-reactive ketones (excluding diaryl/α,β-unsaturated/α-hetero) is 1. The molecule has 0 radical (unpaired) electrons. The van der Waals surface area contributed by atoms with Crippen LogP contribution in [-0.4, -0.2) is 35.8 Å². The molecule has 0 N–H and O–H groups in total. The van der Waals surface area contributed by atoms with Gasteiger partial charge in [0, 0.05) is 6.42 Å². The molecule has 0 aliphatic carbocycles. The molecule has 1 aliphatic rings. The first kappa shape index (κ1) is 28.4. The Morgan fingerprint density at radius 3 is 2.49 bits per heavy atom. The normalized spacial score (nSPS) is 15.9. The lowest BCUT2D eigenvalue weighted by Gasteiger charge is -2.20. The number of methoxy groups -OCH3 is 1. The van der Waals surface area contributed by atoms with Gasteiger partial charge in [0.2, 0.25) is 0 Å². The molecule has 1 fully saturated rings. The van der Waals surface area contributed by atoms with Crippen LogP contribution in [0.2, 0.25) is 0 Å². The van der Waals surface area contributed by atoms with Crippen LogP contribution in [0, 0.1) is 0 Å². The Morgan fingerprint density at radius 2 is 1.83 bits per heavy atom. The Balaban J connectivity index is 0.00000432. The van der Waals surface area contributed by atoms with Gasteiger partial charge in [0.05, 0.1) is 18.8 Å². The molecule has 1 aliphatic heterocycles. The minimum Gasteiger partial charge on any atom is -0.497 e. The second kappa shape index (κ2) is 14.6. The predicted octanol–water partition coefficient (Wildman–Crippen LogP) is 6.11. The zero-order chi connectivity index (χ0) is 24.3. The molecule has 7 heteroatoms. The van der Waals surface area contributed by atoms with Crippen molar-refractivity contribution in [2.45, 2.75) is 70.7 Å². The first-order valence-corrected chi connectivity index (χ1v) is 12.6. The largest absolute Gasteiger partial charge is 0.497 e. The Labute approximate surface area is 212 Å². The van der Waals surface area contributed by atoms with E-state index < -0.39 is 6.10 Å². The van der Waals surface area contributed by atoms with Gasteiger partial charge >= 0.3 is 5.97 Å². The molecule has 1 saturated heterocycles. The van der Waals surface area contributed by atoms with Crippen LogP contribution < -0.4 is 9.47 Å². The number of rotatable bonds is 13. The fourth-order valence-electron chi connectivity index (χ4n) is 3.74. The molecule has 3 rings (SSSR count). The molecule has 35 heavy (non-hydrogen) atoms. The van der Waals surface area contributed by atoms with Gasteiger partial charge in [-0.1, -0.05) is 69.6 Å². The lowest BCUT2D eigenvalue weighted by atomic mass is 10.1. The maximum atomic E-state index is 12.5. The van der Waals surface area contributed by atoms with Gasteiger partial charge in [-0.2, -0.15) is 0 Å². The van der Waals surface area contributed by atoms with Crippen LogP contribution in [0.4, 0.5) is 0 Å². The minimum absolute atomic E-state index is 0. The predicted molar refractivity (Wildman–Crippen MR) is 139 cm³/mol. The highest BCUT2D eigenvalue weighted by Gasteiger charge is 2.31. The third-order valence-electron chi connectivity index (χ3n) is 5.67. The Hall–Kier alpha value is -2.80. The van der Waals surface area contributed by atoms with E-state index in [2.05, 4.69) is 6.92 Å². The van der Waals surface area contributed by atoms with Gasteiger partial charge in [0.1, 0.15) is 18.1 Å². The number of carbonyl (C=O) groups excluding carboxylic acids is 3.